The highest BCUT2D eigenvalue weighted by atomic mass is 35.5. The molecule has 86 valence electrons. The summed E-state index contributed by atoms with van der Waals surface area (Å²) in [5.74, 6) is 0. The number of pyridine rings is 1. The van der Waals surface area contributed by atoms with E-state index in [1.807, 2.05) is 35.7 Å². The Morgan fingerprint density at radius 3 is 3.12 bits per heavy atom. The number of halogens is 1. The van der Waals surface area contributed by atoms with Crippen LogP contribution in [0.2, 0.25) is 5.15 Å². The smallest absolute Gasteiger partial charge is 0.152 e. The number of rotatable bonds is 4. The number of aromatic nitrogens is 2. The molecule has 2 aromatic rings. The molecule has 0 radical (unpaired) electrons. The molecule has 5 heteroatoms. The Kier molecular flexibility index (Phi) is 3.43. The number of hydrogen-bond acceptors (Lipinski definition) is 3. The van der Waals surface area contributed by atoms with Gasteiger partial charge < -0.3 is 14.8 Å². The highest BCUT2D eigenvalue weighted by molar-refractivity contribution is 6.30. The highest BCUT2D eigenvalue weighted by Gasteiger charge is 2.10. The van der Waals surface area contributed by atoms with E-state index in [-0.39, 0.29) is 12.6 Å². The minimum atomic E-state index is 0.0466. The molecule has 2 aromatic heterocycles. The van der Waals surface area contributed by atoms with Gasteiger partial charge in [-0.3, -0.25) is 0 Å². The van der Waals surface area contributed by atoms with Crippen molar-refractivity contribution in [3.63, 3.8) is 0 Å². The first-order valence-corrected chi connectivity index (χ1v) is 5.56. The zero-order chi connectivity index (χ0) is 11.5. The van der Waals surface area contributed by atoms with Gasteiger partial charge in [0.15, 0.2) is 5.15 Å². The first-order valence-electron chi connectivity index (χ1n) is 5.18. The van der Waals surface area contributed by atoms with Crippen LogP contribution in [0.5, 0.6) is 0 Å². The van der Waals surface area contributed by atoms with Crippen molar-refractivity contribution in [3.05, 3.63) is 35.2 Å². The summed E-state index contributed by atoms with van der Waals surface area (Å²) in [4.78, 5) is 4.24. The van der Waals surface area contributed by atoms with E-state index in [1.54, 1.807) is 0 Å². The van der Waals surface area contributed by atoms with E-state index >= 15 is 0 Å². The van der Waals surface area contributed by atoms with E-state index in [0.29, 0.717) is 11.7 Å². The molecule has 0 fully saturated rings. The Labute approximate surface area is 98.9 Å². The Bertz CT molecular complexity index is 483. The SMILES string of the molecule is C[C@@H](CO)NCc1c(Cl)nc2ccccn12. The summed E-state index contributed by atoms with van der Waals surface area (Å²) < 4.78 is 1.94. The van der Waals surface area contributed by atoms with Crippen LogP contribution in [0.4, 0.5) is 0 Å². The molecule has 0 amide bonds. The van der Waals surface area contributed by atoms with Crippen LogP contribution in [0.25, 0.3) is 5.65 Å². The fourth-order valence-corrected chi connectivity index (χ4v) is 1.76. The second-order valence-corrected chi connectivity index (χ2v) is 4.10. The quantitative estimate of drug-likeness (QED) is 0.849. The molecule has 0 unspecified atom stereocenters. The van der Waals surface area contributed by atoms with Gasteiger partial charge in [-0.05, 0) is 19.1 Å². The fraction of sp³-hybridized carbons (Fsp3) is 0.364. The van der Waals surface area contributed by atoms with Gasteiger partial charge in [-0.15, -0.1) is 0 Å². The zero-order valence-electron chi connectivity index (χ0n) is 9.02. The summed E-state index contributed by atoms with van der Waals surface area (Å²) in [5.41, 5.74) is 1.75. The molecule has 0 aliphatic rings. The van der Waals surface area contributed by atoms with Crippen LogP contribution in [-0.2, 0) is 6.54 Å². The molecule has 16 heavy (non-hydrogen) atoms. The predicted molar refractivity (Wildman–Crippen MR) is 63.6 cm³/mol. The second-order valence-electron chi connectivity index (χ2n) is 3.74. The van der Waals surface area contributed by atoms with Gasteiger partial charge in [0.1, 0.15) is 5.65 Å². The fourth-order valence-electron chi connectivity index (χ4n) is 1.51. The number of nitrogens with zero attached hydrogens (tertiary/aromatic N) is 2. The van der Waals surface area contributed by atoms with Crippen LogP contribution >= 0.6 is 11.6 Å². The van der Waals surface area contributed by atoms with Gasteiger partial charge in [0.05, 0.1) is 12.3 Å². The maximum atomic E-state index is 8.93. The van der Waals surface area contributed by atoms with Crippen molar-refractivity contribution in [1.29, 1.82) is 0 Å². The van der Waals surface area contributed by atoms with Gasteiger partial charge in [0.2, 0.25) is 0 Å². The normalized spacial score (nSPS) is 13.2. The molecule has 1 atom stereocenters. The lowest BCUT2D eigenvalue weighted by molar-refractivity contribution is 0.250. The lowest BCUT2D eigenvalue weighted by atomic mass is 10.3. The lowest BCUT2D eigenvalue weighted by Gasteiger charge is -2.10. The van der Waals surface area contributed by atoms with Crippen molar-refractivity contribution in [2.24, 2.45) is 0 Å². The third-order valence-electron chi connectivity index (χ3n) is 2.47. The largest absolute Gasteiger partial charge is 0.395 e. The average molecular weight is 240 g/mol. The third kappa shape index (κ3) is 2.19. The minimum Gasteiger partial charge on any atom is -0.395 e. The van der Waals surface area contributed by atoms with E-state index in [2.05, 4.69) is 10.3 Å². The van der Waals surface area contributed by atoms with Crippen molar-refractivity contribution in [2.75, 3.05) is 6.61 Å². The summed E-state index contributed by atoms with van der Waals surface area (Å²) in [6, 6.07) is 5.81. The van der Waals surface area contributed by atoms with Crippen LogP contribution < -0.4 is 5.32 Å². The van der Waals surface area contributed by atoms with Crippen molar-refractivity contribution in [1.82, 2.24) is 14.7 Å². The van der Waals surface area contributed by atoms with Gasteiger partial charge in [0.25, 0.3) is 0 Å². The summed E-state index contributed by atoms with van der Waals surface area (Å²) >= 11 is 6.06. The summed E-state index contributed by atoms with van der Waals surface area (Å²) in [6.07, 6.45) is 1.93. The first-order chi connectivity index (χ1) is 7.72. The van der Waals surface area contributed by atoms with Gasteiger partial charge in [-0.25, -0.2) is 4.98 Å². The van der Waals surface area contributed by atoms with Gasteiger partial charge in [-0.1, -0.05) is 17.7 Å². The topological polar surface area (TPSA) is 49.6 Å². The van der Waals surface area contributed by atoms with Gasteiger partial charge in [-0.2, -0.15) is 0 Å². The third-order valence-corrected chi connectivity index (χ3v) is 2.77. The molecule has 2 N–H and O–H groups in total. The van der Waals surface area contributed by atoms with Gasteiger partial charge >= 0.3 is 0 Å². The number of aliphatic hydroxyl groups excluding tert-OH is 1. The predicted octanol–water partition coefficient (Wildman–Crippen LogP) is 1.46. The molecule has 0 aromatic carbocycles. The summed E-state index contributed by atoms with van der Waals surface area (Å²) in [7, 11) is 0. The molecule has 0 saturated carbocycles. The molecule has 0 aliphatic heterocycles. The van der Waals surface area contributed by atoms with Crippen LogP contribution in [0.15, 0.2) is 24.4 Å². The number of nitrogens with one attached hydrogen (secondary N) is 1. The number of imidazole rings is 1. The first kappa shape index (κ1) is 11.4. The monoisotopic (exact) mass is 239 g/mol. The maximum Gasteiger partial charge on any atom is 0.152 e. The molecular weight excluding hydrogens is 226 g/mol. The molecule has 0 saturated heterocycles. The van der Waals surface area contributed by atoms with E-state index in [0.717, 1.165) is 11.3 Å². The number of aliphatic hydroxyl groups is 1. The van der Waals surface area contributed by atoms with Crippen molar-refractivity contribution >= 4 is 17.2 Å². The lowest BCUT2D eigenvalue weighted by Crippen LogP contribution is -2.29. The van der Waals surface area contributed by atoms with Crippen molar-refractivity contribution < 1.29 is 5.11 Å². The Morgan fingerprint density at radius 1 is 1.56 bits per heavy atom. The average Bonchev–Trinajstić information content (AvgIpc) is 2.62. The minimum absolute atomic E-state index is 0.0466. The Morgan fingerprint density at radius 2 is 2.38 bits per heavy atom. The van der Waals surface area contributed by atoms with Crippen LogP contribution in [0.3, 0.4) is 0 Å². The standard InChI is InChI=1S/C11H14ClN3O/c1-8(7-16)13-6-9-11(12)14-10-4-2-3-5-15(9)10/h2-5,8,13,16H,6-7H2,1H3/t8-/m0/s1. The number of fused-ring (bicyclic) bond motifs is 1. The maximum absolute atomic E-state index is 8.93. The second kappa shape index (κ2) is 4.82. The van der Waals surface area contributed by atoms with E-state index in [1.165, 1.54) is 0 Å². The van der Waals surface area contributed by atoms with Crippen molar-refractivity contribution in [3.8, 4) is 0 Å². The molecule has 0 spiro atoms. The van der Waals surface area contributed by atoms with E-state index in [9.17, 15) is 0 Å². The molecule has 0 aliphatic carbocycles. The molecular formula is C11H14ClN3O. The Hall–Kier alpha value is -1.10. The molecule has 2 rings (SSSR count). The van der Waals surface area contributed by atoms with Crippen LogP contribution in [0, 0.1) is 0 Å². The highest BCUT2D eigenvalue weighted by Crippen LogP contribution is 2.17. The number of hydrogen-bond donors (Lipinski definition) is 2. The summed E-state index contributed by atoms with van der Waals surface area (Å²) in [5, 5.41) is 12.6. The van der Waals surface area contributed by atoms with E-state index < -0.39 is 0 Å². The molecule has 2 heterocycles. The molecule has 4 nitrogen and oxygen atoms in total. The van der Waals surface area contributed by atoms with Gasteiger partial charge in [0, 0.05) is 18.8 Å². The summed E-state index contributed by atoms with van der Waals surface area (Å²) in [6.45, 7) is 2.61. The van der Waals surface area contributed by atoms with Crippen molar-refractivity contribution in [2.45, 2.75) is 19.5 Å². The zero-order valence-corrected chi connectivity index (χ0v) is 9.78. The van der Waals surface area contributed by atoms with E-state index in [4.69, 9.17) is 16.7 Å². The molecule has 0 bridgehead atoms. The van der Waals surface area contributed by atoms with Crippen LogP contribution in [0.1, 0.15) is 12.6 Å². The van der Waals surface area contributed by atoms with Crippen LogP contribution in [-0.4, -0.2) is 27.1 Å². The Balaban J connectivity index is 2.26.